The van der Waals surface area contributed by atoms with Crippen molar-refractivity contribution in [3.63, 3.8) is 0 Å². The fraction of sp³-hybridized carbons (Fsp3) is 0.143. The van der Waals surface area contributed by atoms with Gasteiger partial charge in [0.05, 0.1) is 5.69 Å². The van der Waals surface area contributed by atoms with Crippen molar-refractivity contribution >= 4 is 11.3 Å². The van der Waals surface area contributed by atoms with E-state index in [0.29, 0.717) is 0 Å². The predicted octanol–water partition coefficient (Wildman–Crippen LogP) is 3.82. The molecule has 0 saturated carbocycles. The van der Waals surface area contributed by atoms with Crippen LogP contribution in [0.4, 0.5) is 0 Å². The fourth-order valence-electron chi connectivity index (χ4n) is 1.91. The first-order chi connectivity index (χ1) is 8.74. The highest BCUT2D eigenvalue weighted by Crippen LogP contribution is 2.30. The number of nitrogens with one attached hydrogen (secondary N) is 1. The van der Waals surface area contributed by atoms with Crippen molar-refractivity contribution in [1.29, 1.82) is 0 Å². The average molecular weight is 255 g/mol. The second-order valence-corrected chi connectivity index (χ2v) is 5.25. The van der Waals surface area contributed by atoms with Gasteiger partial charge in [-0.2, -0.15) is 5.10 Å². The molecule has 0 spiro atoms. The van der Waals surface area contributed by atoms with Gasteiger partial charge in [-0.3, -0.25) is 10.1 Å². The standard InChI is InChI=1S/C14H13N3S/c1-9-8-15-12(13-6-10(2)16-17-13)7-11(9)14-4-3-5-18-14/h3-8H,1-2H3,(H,16,17). The zero-order valence-electron chi connectivity index (χ0n) is 10.3. The summed E-state index contributed by atoms with van der Waals surface area (Å²) in [6.45, 7) is 4.08. The maximum absolute atomic E-state index is 4.45. The second-order valence-electron chi connectivity index (χ2n) is 4.30. The van der Waals surface area contributed by atoms with Crippen LogP contribution in [0, 0.1) is 13.8 Å². The third-order valence-corrected chi connectivity index (χ3v) is 3.76. The van der Waals surface area contributed by atoms with Crippen molar-refractivity contribution in [2.75, 3.05) is 0 Å². The Labute approximate surface area is 110 Å². The van der Waals surface area contributed by atoms with Crippen molar-refractivity contribution in [3.05, 3.63) is 47.1 Å². The third-order valence-electron chi connectivity index (χ3n) is 2.86. The molecule has 0 radical (unpaired) electrons. The summed E-state index contributed by atoms with van der Waals surface area (Å²) in [5.41, 5.74) is 5.27. The van der Waals surface area contributed by atoms with Crippen LogP contribution in [0.25, 0.3) is 21.8 Å². The van der Waals surface area contributed by atoms with Crippen LogP contribution in [-0.4, -0.2) is 15.2 Å². The Morgan fingerprint density at radius 1 is 1.17 bits per heavy atom. The van der Waals surface area contributed by atoms with E-state index in [2.05, 4.69) is 45.7 Å². The van der Waals surface area contributed by atoms with Gasteiger partial charge in [0.25, 0.3) is 0 Å². The van der Waals surface area contributed by atoms with E-state index in [0.717, 1.165) is 17.1 Å². The molecule has 3 aromatic heterocycles. The van der Waals surface area contributed by atoms with Gasteiger partial charge < -0.3 is 0 Å². The van der Waals surface area contributed by atoms with E-state index in [1.165, 1.54) is 16.0 Å². The number of aromatic amines is 1. The first-order valence-electron chi connectivity index (χ1n) is 5.77. The Hall–Kier alpha value is -1.94. The Balaban J connectivity index is 2.11. The van der Waals surface area contributed by atoms with Gasteiger partial charge in [0.1, 0.15) is 5.69 Å². The van der Waals surface area contributed by atoms with E-state index < -0.39 is 0 Å². The number of hydrogen-bond donors (Lipinski definition) is 1. The number of H-pyrrole nitrogens is 1. The van der Waals surface area contributed by atoms with Gasteiger partial charge in [-0.1, -0.05) is 6.07 Å². The molecule has 0 atom stereocenters. The lowest BCUT2D eigenvalue weighted by Gasteiger charge is -2.04. The molecule has 4 heteroatoms. The van der Waals surface area contributed by atoms with Gasteiger partial charge in [-0.05, 0) is 48.6 Å². The highest BCUT2D eigenvalue weighted by molar-refractivity contribution is 7.13. The largest absolute Gasteiger partial charge is 0.282 e. The SMILES string of the molecule is Cc1cc(-c2cc(-c3cccs3)c(C)cn2)n[nH]1. The molecule has 0 aliphatic carbocycles. The summed E-state index contributed by atoms with van der Waals surface area (Å²) in [6, 6.07) is 8.32. The molecule has 0 aliphatic heterocycles. The lowest BCUT2D eigenvalue weighted by Crippen LogP contribution is -1.88. The highest BCUT2D eigenvalue weighted by Gasteiger charge is 2.08. The van der Waals surface area contributed by atoms with Crippen LogP contribution in [-0.2, 0) is 0 Å². The average Bonchev–Trinajstić information content (AvgIpc) is 3.01. The molecular weight excluding hydrogens is 242 g/mol. The molecule has 3 nitrogen and oxygen atoms in total. The van der Waals surface area contributed by atoms with E-state index in [1.54, 1.807) is 11.3 Å². The van der Waals surface area contributed by atoms with E-state index in [-0.39, 0.29) is 0 Å². The molecule has 0 saturated heterocycles. The van der Waals surface area contributed by atoms with E-state index >= 15 is 0 Å². The number of aromatic nitrogens is 3. The van der Waals surface area contributed by atoms with E-state index in [4.69, 9.17) is 0 Å². The fourth-order valence-corrected chi connectivity index (χ4v) is 2.72. The normalized spacial score (nSPS) is 10.8. The van der Waals surface area contributed by atoms with Crippen molar-refractivity contribution < 1.29 is 0 Å². The molecule has 3 rings (SSSR count). The van der Waals surface area contributed by atoms with Gasteiger partial charge in [0, 0.05) is 16.8 Å². The maximum Gasteiger partial charge on any atom is 0.111 e. The van der Waals surface area contributed by atoms with Crippen molar-refractivity contribution in [2.24, 2.45) is 0 Å². The minimum atomic E-state index is 0.894. The van der Waals surface area contributed by atoms with Crippen molar-refractivity contribution in [3.8, 4) is 21.8 Å². The number of nitrogens with zero attached hydrogens (tertiary/aromatic N) is 2. The number of thiophene rings is 1. The Bertz CT molecular complexity index is 668. The van der Waals surface area contributed by atoms with Crippen LogP contribution < -0.4 is 0 Å². The topological polar surface area (TPSA) is 41.6 Å². The van der Waals surface area contributed by atoms with Gasteiger partial charge in [0.15, 0.2) is 0 Å². The van der Waals surface area contributed by atoms with Gasteiger partial charge >= 0.3 is 0 Å². The molecule has 0 aliphatic rings. The predicted molar refractivity (Wildman–Crippen MR) is 74.6 cm³/mol. The number of pyridine rings is 1. The zero-order chi connectivity index (χ0) is 12.5. The summed E-state index contributed by atoms with van der Waals surface area (Å²) >= 11 is 1.74. The molecule has 3 aromatic rings. The van der Waals surface area contributed by atoms with Crippen LogP contribution in [0.5, 0.6) is 0 Å². The lowest BCUT2D eigenvalue weighted by molar-refractivity contribution is 1.04. The molecule has 3 heterocycles. The van der Waals surface area contributed by atoms with E-state index in [1.807, 2.05) is 19.2 Å². The molecule has 0 fully saturated rings. The molecule has 90 valence electrons. The Morgan fingerprint density at radius 2 is 2.06 bits per heavy atom. The minimum Gasteiger partial charge on any atom is -0.282 e. The Morgan fingerprint density at radius 3 is 2.72 bits per heavy atom. The Kier molecular flexibility index (Phi) is 2.72. The van der Waals surface area contributed by atoms with Crippen LogP contribution >= 0.6 is 11.3 Å². The summed E-state index contributed by atoms with van der Waals surface area (Å²) in [4.78, 5) is 5.72. The van der Waals surface area contributed by atoms with Crippen LogP contribution in [0.1, 0.15) is 11.3 Å². The molecule has 0 amide bonds. The summed E-state index contributed by atoms with van der Waals surface area (Å²) in [5.74, 6) is 0. The molecular formula is C14H13N3S. The van der Waals surface area contributed by atoms with Crippen molar-refractivity contribution in [2.45, 2.75) is 13.8 Å². The number of rotatable bonds is 2. The molecule has 0 bridgehead atoms. The second kappa shape index (κ2) is 4.38. The van der Waals surface area contributed by atoms with Crippen LogP contribution in [0.15, 0.2) is 35.8 Å². The molecule has 0 aromatic carbocycles. The number of hydrogen-bond acceptors (Lipinski definition) is 3. The maximum atomic E-state index is 4.45. The third kappa shape index (κ3) is 1.95. The summed E-state index contributed by atoms with van der Waals surface area (Å²) < 4.78 is 0. The van der Waals surface area contributed by atoms with Crippen molar-refractivity contribution in [1.82, 2.24) is 15.2 Å². The van der Waals surface area contributed by atoms with Crippen LogP contribution in [0.3, 0.4) is 0 Å². The molecule has 18 heavy (non-hydrogen) atoms. The summed E-state index contributed by atoms with van der Waals surface area (Å²) in [5, 5.41) is 9.29. The van der Waals surface area contributed by atoms with Gasteiger partial charge in [-0.15, -0.1) is 11.3 Å². The van der Waals surface area contributed by atoms with Crippen LogP contribution in [0.2, 0.25) is 0 Å². The lowest BCUT2D eigenvalue weighted by atomic mass is 10.1. The summed E-state index contributed by atoms with van der Waals surface area (Å²) in [7, 11) is 0. The van der Waals surface area contributed by atoms with Gasteiger partial charge in [-0.25, -0.2) is 0 Å². The highest BCUT2D eigenvalue weighted by atomic mass is 32.1. The minimum absolute atomic E-state index is 0.894. The first-order valence-corrected chi connectivity index (χ1v) is 6.65. The zero-order valence-corrected chi connectivity index (χ0v) is 11.1. The smallest absolute Gasteiger partial charge is 0.111 e. The van der Waals surface area contributed by atoms with E-state index in [9.17, 15) is 0 Å². The molecule has 1 N–H and O–H groups in total. The monoisotopic (exact) mass is 255 g/mol. The first kappa shape index (κ1) is 11.2. The quantitative estimate of drug-likeness (QED) is 0.756. The van der Waals surface area contributed by atoms with Gasteiger partial charge in [0.2, 0.25) is 0 Å². The number of aryl methyl sites for hydroxylation is 2. The summed E-state index contributed by atoms with van der Waals surface area (Å²) in [6.07, 6.45) is 1.91. The molecule has 0 unspecified atom stereocenters.